The Balaban J connectivity index is 1.51. The van der Waals surface area contributed by atoms with Gasteiger partial charge < -0.3 is 5.32 Å². The van der Waals surface area contributed by atoms with Gasteiger partial charge in [-0.15, -0.1) is 0 Å². The minimum absolute atomic E-state index is 0.000878. The van der Waals surface area contributed by atoms with Gasteiger partial charge in [0, 0.05) is 18.2 Å². The summed E-state index contributed by atoms with van der Waals surface area (Å²) < 4.78 is 0. The molecule has 1 saturated carbocycles. The van der Waals surface area contributed by atoms with E-state index in [0.717, 1.165) is 46.1 Å². The van der Waals surface area contributed by atoms with E-state index >= 15 is 0 Å². The van der Waals surface area contributed by atoms with Gasteiger partial charge in [-0.3, -0.25) is 14.5 Å². The normalized spacial score (nSPS) is 20.4. The van der Waals surface area contributed by atoms with Crippen LogP contribution in [0.4, 0.5) is 11.4 Å². The van der Waals surface area contributed by atoms with Crippen molar-refractivity contribution < 1.29 is 9.59 Å². The lowest BCUT2D eigenvalue weighted by Crippen LogP contribution is -2.35. The number of amidine groups is 1. The molecule has 1 N–H and O–H groups in total. The minimum Gasteiger partial charge on any atom is -0.326 e. The first kappa shape index (κ1) is 19.7. The zero-order valence-electron chi connectivity index (χ0n) is 16.9. The summed E-state index contributed by atoms with van der Waals surface area (Å²) in [6.07, 6.45) is 2.15. The second kappa shape index (κ2) is 8.03. The SMILES string of the molecule is Cc1ccc(C)c(NC(=O)CC2SC(=Nc3ccccc3C)N(C3CC3)C2=O)c1. The lowest BCUT2D eigenvalue weighted by molar-refractivity contribution is -0.128. The highest BCUT2D eigenvalue weighted by Gasteiger charge is 2.46. The Labute approximate surface area is 175 Å². The number of hydrogen-bond donors (Lipinski definition) is 1. The van der Waals surface area contributed by atoms with Crippen molar-refractivity contribution in [2.24, 2.45) is 4.99 Å². The van der Waals surface area contributed by atoms with E-state index in [-0.39, 0.29) is 24.3 Å². The van der Waals surface area contributed by atoms with E-state index in [0.29, 0.717) is 0 Å². The van der Waals surface area contributed by atoms with Crippen molar-refractivity contribution in [3.63, 3.8) is 0 Å². The molecule has 1 atom stereocenters. The molecule has 1 saturated heterocycles. The summed E-state index contributed by atoms with van der Waals surface area (Å²) in [4.78, 5) is 32.3. The number of anilines is 1. The smallest absolute Gasteiger partial charge is 0.242 e. The van der Waals surface area contributed by atoms with Gasteiger partial charge in [0.05, 0.1) is 5.69 Å². The number of aryl methyl sites for hydroxylation is 3. The van der Waals surface area contributed by atoms with Crippen LogP contribution >= 0.6 is 11.8 Å². The molecule has 4 rings (SSSR count). The molecule has 2 aliphatic rings. The van der Waals surface area contributed by atoms with E-state index in [1.165, 1.54) is 11.8 Å². The summed E-state index contributed by atoms with van der Waals surface area (Å²) in [7, 11) is 0. The average Bonchev–Trinajstić information content (AvgIpc) is 3.46. The molecule has 0 spiro atoms. The lowest BCUT2D eigenvalue weighted by Gasteiger charge is -2.15. The van der Waals surface area contributed by atoms with Crippen LogP contribution in [0.2, 0.25) is 0 Å². The first-order chi connectivity index (χ1) is 13.9. The van der Waals surface area contributed by atoms with Crippen LogP contribution in [0, 0.1) is 20.8 Å². The summed E-state index contributed by atoms with van der Waals surface area (Å²) >= 11 is 1.41. The van der Waals surface area contributed by atoms with Crippen LogP contribution in [0.25, 0.3) is 0 Å². The third-order valence-electron chi connectivity index (χ3n) is 5.25. The maximum Gasteiger partial charge on any atom is 0.242 e. The van der Waals surface area contributed by atoms with Crippen LogP contribution in [0.3, 0.4) is 0 Å². The number of rotatable bonds is 5. The number of benzene rings is 2. The molecule has 1 aliphatic carbocycles. The number of carbonyl (C=O) groups excluding carboxylic acids is 2. The summed E-state index contributed by atoms with van der Waals surface area (Å²) in [5.41, 5.74) is 4.84. The molecule has 150 valence electrons. The molecular formula is C23H25N3O2S. The summed E-state index contributed by atoms with van der Waals surface area (Å²) in [5, 5.41) is 3.26. The van der Waals surface area contributed by atoms with Gasteiger partial charge in [-0.2, -0.15) is 0 Å². The maximum atomic E-state index is 13.0. The molecule has 0 bridgehead atoms. The Hall–Kier alpha value is -2.60. The van der Waals surface area contributed by atoms with Crippen molar-refractivity contribution in [2.75, 3.05) is 5.32 Å². The van der Waals surface area contributed by atoms with E-state index in [2.05, 4.69) is 5.32 Å². The molecule has 1 aliphatic heterocycles. The average molecular weight is 408 g/mol. The molecular weight excluding hydrogens is 382 g/mol. The molecule has 2 aromatic rings. The number of hydrogen-bond acceptors (Lipinski definition) is 4. The Bertz CT molecular complexity index is 997. The third kappa shape index (κ3) is 4.37. The van der Waals surface area contributed by atoms with Crippen LogP contribution in [-0.4, -0.2) is 33.2 Å². The van der Waals surface area contributed by atoms with Crippen LogP contribution in [-0.2, 0) is 9.59 Å². The number of amides is 2. The van der Waals surface area contributed by atoms with Crippen LogP contribution in [0.15, 0.2) is 47.5 Å². The number of carbonyl (C=O) groups is 2. The van der Waals surface area contributed by atoms with Gasteiger partial charge in [0.15, 0.2) is 5.17 Å². The molecule has 0 aromatic heterocycles. The van der Waals surface area contributed by atoms with Crippen molar-refractivity contribution in [1.29, 1.82) is 0 Å². The highest BCUT2D eigenvalue weighted by Crippen LogP contribution is 2.39. The van der Waals surface area contributed by atoms with Crippen molar-refractivity contribution in [2.45, 2.75) is 51.3 Å². The highest BCUT2D eigenvalue weighted by atomic mass is 32.2. The number of aliphatic imine (C=N–C) groups is 1. The first-order valence-electron chi connectivity index (χ1n) is 9.93. The van der Waals surface area contributed by atoms with Crippen molar-refractivity contribution in [1.82, 2.24) is 4.90 Å². The lowest BCUT2D eigenvalue weighted by atomic mass is 10.1. The highest BCUT2D eigenvalue weighted by molar-refractivity contribution is 8.15. The standard InChI is InChI=1S/C23H25N3O2S/c1-14-8-9-16(3)19(12-14)24-21(27)13-20-22(28)26(17-10-11-17)23(29-20)25-18-7-5-4-6-15(18)2/h4-9,12,17,20H,10-11,13H2,1-3H3,(H,24,27). The van der Waals surface area contributed by atoms with Gasteiger partial charge in [0.1, 0.15) is 5.25 Å². The predicted octanol–water partition coefficient (Wildman–Crippen LogP) is 4.73. The van der Waals surface area contributed by atoms with Crippen LogP contribution in [0.5, 0.6) is 0 Å². The molecule has 1 unspecified atom stereocenters. The van der Waals surface area contributed by atoms with E-state index in [4.69, 9.17) is 4.99 Å². The molecule has 2 fully saturated rings. The largest absolute Gasteiger partial charge is 0.326 e. The van der Waals surface area contributed by atoms with Gasteiger partial charge in [-0.25, -0.2) is 4.99 Å². The van der Waals surface area contributed by atoms with E-state index in [9.17, 15) is 9.59 Å². The molecule has 6 heteroatoms. The number of thioether (sulfide) groups is 1. The van der Waals surface area contributed by atoms with Crippen LogP contribution in [0.1, 0.15) is 36.0 Å². The van der Waals surface area contributed by atoms with Gasteiger partial charge in [-0.1, -0.05) is 42.1 Å². The molecule has 0 radical (unpaired) electrons. The van der Waals surface area contributed by atoms with E-state index < -0.39 is 5.25 Å². The Morgan fingerprint density at radius 2 is 1.90 bits per heavy atom. The van der Waals surface area contributed by atoms with Crippen molar-refractivity contribution in [3.05, 3.63) is 59.2 Å². The molecule has 2 amide bonds. The fraction of sp³-hybridized carbons (Fsp3) is 0.348. The number of nitrogens with one attached hydrogen (secondary N) is 1. The molecule has 2 aromatic carbocycles. The molecule has 29 heavy (non-hydrogen) atoms. The van der Waals surface area contributed by atoms with Gasteiger partial charge >= 0.3 is 0 Å². The number of para-hydroxylation sites is 1. The maximum absolute atomic E-state index is 13.0. The fourth-order valence-corrected chi connectivity index (χ4v) is 4.60. The minimum atomic E-state index is -0.427. The monoisotopic (exact) mass is 407 g/mol. The zero-order valence-corrected chi connectivity index (χ0v) is 17.8. The molecule has 5 nitrogen and oxygen atoms in total. The summed E-state index contributed by atoms with van der Waals surface area (Å²) in [6.45, 7) is 5.97. The van der Waals surface area contributed by atoms with Gasteiger partial charge in [-0.05, 0) is 62.4 Å². The van der Waals surface area contributed by atoms with Crippen molar-refractivity contribution >= 4 is 40.1 Å². The Morgan fingerprint density at radius 1 is 1.14 bits per heavy atom. The Kier molecular flexibility index (Phi) is 5.46. The predicted molar refractivity (Wildman–Crippen MR) is 119 cm³/mol. The van der Waals surface area contributed by atoms with Gasteiger partial charge in [0.25, 0.3) is 0 Å². The van der Waals surface area contributed by atoms with E-state index in [1.54, 1.807) is 0 Å². The second-order valence-electron chi connectivity index (χ2n) is 7.80. The zero-order chi connectivity index (χ0) is 20.5. The summed E-state index contributed by atoms with van der Waals surface area (Å²) in [5.74, 6) is -0.140. The van der Waals surface area contributed by atoms with Gasteiger partial charge in [0.2, 0.25) is 11.8 Å². The number of nitrogens with zero attached hydrogens (tertiary/aromatic N) is 2. The first-order valence-corrected chi connectivity index (χ1v) is 10.8. The third-order valence-corrected chi connectivity index (χ3v) is 6.40. The second-order valence-corrected chi connectivity index (χ2v) is 8.97. The summed E-state index contributed by atoms with van der Waals surface area (Å²) in [6, 6.07) is 14.1. The Morgan fingerprint density at radius 3 is 2.62 bits per heavy atom. The quantitative estimate of drug-likeness (QED) is 0.779. The van der Waals surface area contributed by atoms with E-state index in [1.807, 2.05) is 68.1 Å². The fourth-order valence-electron chi connectivity index (χ4n) is 3.39. The van der Waals surface area contributed by atoms with Crippen molar-refractivity contribution in [3.8, 4) is 0 Å². The van der Waals surface area contributed by atoms with Crippen LogP contribution < -0.4 is 5.32 Å². The topological polar surface area (TPSA) is 61.8 Å². The molecule has 1 heterocycles.